The first-order valence-corrected chi connectivity index (χ1v) is 12.1. The molecule has 0 fully saturated rings. The molecular formula is C25H33ClN6O5. The third-order valence-corrected chi connectivity index (χ3v) is 5.70. The molecule has 0 unspecified atom stereocenters. The largest absolute Gasteiger partial charge is 0.497 e. The first-order chi connectivity index (χ1) is 17.6. The second-order valence-corrected chi connectivity index (χ2v) is 8.82. The number of rotatable bonds is 12. The van der Waals surface area contributed by atoms with Crippen molar-refractivity contribution in [3.05, 3.63) is 64.7 Å². The fraction of sp³-hybridized carbons (Fsp3) is 0.360. The number of carbonyl (C=O) groups is 4. The highest BCUT2D eigenvalue weighted by atomic mass is 35.5. The van der Waals surface area contributed by atoms with Gasteiger partial charge < -0.3 is 26.8 Å². The summed E-state index contributed by atoms with van der Waals surface area (Å²) in [6, 6.07) is 9.92. The number of primary amides is 1. The van der Waals surface area contributed by atoms with Crippen LogP contribution in [0.25, 0.3) is 0 Å². The van der Waals surface area contributed by atoms with Gasteiger partial charge in [-0.15, -0.1) is 0 Å². The number of amides is 5. The normalized spacial score (nSPS) is 13.0. The molecule has 0 saturated heterocycles. The Balaban J connectivity index is 2.13. The maximum absolute atomic E-state index is 13.2. The Hall–Kier alpha value is -3.83. The lowest BCUT2D eigenvalue weighted by atomic mass is 10.0. The van der Waals surface area contributed by atoms with Gasteiger partial charge in [-0.25, -0.2) is 10.2 Å². The average molecular weight is 533 g/mol. The van der Waals surface area contributed by atoms with Crippen molar-refractivity contribution in [2.45, 2.75) is 50.7 Å². The first kappa shape index (κ1) is 29.4. The van der Waals surface area contributed by atoms with Crippen molar-refractivity contribution in [1.82, 2.24) is 21.5 Å². The van der Waals surface area contributed by atoms with Crippen LogP contribution in [-0.2, 0) is 27.2 Å². The summed E-state index contributed by atoms with van der Waals surface area (Å²) in [5.41, 5.74) is 17.1. The zero-order valence-electron chi connectivity index (χ0n) is 20.8. The number of nitrogens with one attached hydrogen (secondary N) is 4. The highest BCUT2D eigenvalue weighted by Gasteiger charge is 2.27. The van der Waals surface area contributed by atoms with Gasteiger partial charge in [0.05, 0.1) is 13.2 Å². The molecule has 5 amide bonds. The quantitative estimate of drug-likeness (QED) is 0.221. The van der Waals surface area contributed by atoms with Crippen LogP contribution in [0, 0.1) is 0 Å². The summed E-state index contributed by atoms with van der Waals surface area (Å²) in [5, 5.41) is 5.63. The smallest absolute Gasteiger partial charge is 0.334 e. The molecule has 2 aromatic carbocycles. The molecule has 0 saturated carbocycles. The van der Waals surface area contributed by atoms with Crippen molar-refractivity contribution in [1.29, 1.82) is 0 Å². The van der Waals surface area contributed by atoms with E-state index >= 15 is 0 Å². The van der Waals surface area contributed by atoms with Gasteiger partial charge in [0.2, 0.25) is 11.8 Å². The second-order valence-electron chi connectivity index (χ2n) is 8.39. The zero-order valence-corrected chi connectivity index (χ0v) is 21.5. The summed E-state index contributed by atoms with van der Waals surface area (Å²) in [5.74, 6) is -1.37. The van der Waals surface area contributed by atoms with E-state index in [2.05, 4.69) is 21.5 Å². The van der Waals surface area contributed by atoms with E-state index in [-0.39, 0.29) is 12.8 Å². The van der Waals surface area contributed by atoms with E-state index in [0.717, 1.165) is 5.56 Å². The van der Waals surface area contributed by atoms with Crippen LogP contribution in [0.3, 0.4) is 0 Å². The Bertz CT molecular complexity index is 1080. The molecule has 8 N–H and O–H groups in total. The lowest BCUT2D eigenvalue weighted by Gasteiger charge is -2.23. The Morgan fingerprint density at radius 2 is 1.59 bits per heavy atom. The van der Waals surface area contributed by atoms with Crippen molar-refractivity contribution < 1.29 is 23.9 Å². The van der Waals surface area contributed by atoms with E-state index in [1.165, 1.54) is 7.11 Å². The second kappa shape index (κ2) is 14.7. The highest BCUT2D eigenvalue weighted by molar-refractivity contribution is 6.30. The van der Waals surface area contributed by atoms with Crippen molar-refractivity contribution in [3.8, 4) is 5.75 Å². The topological polar surface area (TPSA) is 178 Å². The molecule has 0 bridgehead atoms. The molecule has 0 aliphatic carbocycles. The van der Waals surface area contributed by atoms with Crippen LogP contribution in [0.15, 0.2) is 48.5 Å². The molecule has 2 aromatic rings. The molecule has 3 atom stereocenters. The first-order valence-electron chi connectivity index (χ1n) is 11.7. The molecule has 2 rings (SSSR count). The highest BCUT2D eigenvalue weighted by Crippen LogP contribution is 2.15. The number of urea groups is 1. The van der Waals surface area contributed by atoms with Crippen molar-refractivity contribution in [2.24, 2.45) is 11.5 Å². The molecular weight excluding hydrogens is 500 g/mol. The lowest BCUT2D eigenvalue weighted by Crippen LogP contribution is -2.58. The van der Waals surface area contributed by atoms with Crippen LogP contribution in [0.2, 0.25) is 5.02 Å². The number of hydrogen-bond acceptors (Lipinski definition) is 6. The molecule has 11 nitrogen and oxygen atoms in total. The third kappa shape index (κ3) is 9.98. The van der Waals surface area contributed by atoms with Gasteiger partial charge in [-0.2, -0.15) is 0 Å². The Morgan fingerprint density at radius 3 is 2.22 bits per heavy atom. The van der Waals surface area contributed by atoms with E-state index in [9.17, 15) is 19.2 Å². The number of hydrazine groups is 1. The van der Waals surface area contributed by atoms with Crippen LogP contribution >= 0.6 is 11.6 Å². The molecule has 0 spiro atoms. The van der Waals surface area contributed by atoms with Gasteiger partial charge in [-0.1, -0.05) is 49.2 Å². The van der Waals surface area contributed by atoms with E-state index < -0.39 is 41.9 Å². The van der Waals surface area contributed by atoms with Gasteiger partial charge >= 0.3 is 6.03 Å². The van der Waals surface area contributed by atoms with Crippen LogP contribution in [0.1, 0.15) is 30.9 Å². The van der Waals surface area contributed by atoms with Gasteiger partial charge in [-0.3, -0.25) is 19.8 Å². The van der Waals surface area contributed by atoms with Gasteiger partial charge in [0.25, 0.3) is 5.91 Å². The maximum atomic E-state index is 13.2. The van der Waals surface area contributed by atoms with Crippen LogP contribution in [-0.4, -0.2) is 49.0 Å². The van der Waals surface area contributed by atoms with Gasteiger partial charge in [0.15, 0.2) is 0 Å². The number of benzene rings is 2. The summed E-state index contributed by atoms with van der Waals surface area (Å²) in [6.45, 7) is 1.88. The molecule has 200 valence electrons. The minimum absolute atomic E-state index is 0.0738. The van der Waals surface area contributed by atoms with E-state index in [1.807, 2.05) is 6.92 Å². The number of ether oxygens (including phenoxy) is 1. The van der Waals surface area contributed by atoms with Gasteiger partial charge in [-0.05, 0) is 41.8 Å². The summed E-state index contributed by atoms with van der Waals surface area (Å²) >= 11 is 5.95. The molecule has 37 heavy (non-hydrogen) atoms. The van der Waals surface area contributed by atoms with E-state index in [0.29, 0.717) is 29.2 Å². The molecule has 0 heterocycles. The maximum Gasteiger partial charge on any atom is 0.334 e. The number of methoxy groups -OCH3 is 1. The fourth-order valence-corrected chi connectivity index (χ4v) is 3.57. The number of nitrogens with two attached hydrogens (primary N) is 2. The van der Waals surface area contributed by atoms with Gasteiger partial charge in [0.1, 0.15) is 17.8 Å². The monoisotopic (exact) mass is 532 g/mol. The van der Waals surface area contributed by atoms with Crippen LogP contribution < -0.4 is 37.7 Å². The third-order valence-electron chi connectivity index (χ3n) is 5.44. The predicted molar refractivity (Wildman–Crippen MR) is 139 cm³/mol. The number of halogens is 1. The molecule has 0 aliphatic rings. The van der Waals surface area contributed by atoms with E-state index in [1.54, 1.807) is 48.5 Å². The Kier molecular flexibility index (Phi) is 11.7. The zero-order chi connectivity index (χ0) is 27.4. The van der Waals surface area contributed by atoms with Crippen molar-refractivity contribution in [2.75, 3.05) is 7.11 Å². The number of hydrogen-bond donors (Lipinski definition) is 6. The SMILES string of the molecule is CCC[C@@H](N)C(=O)NNC(=O)N[C@@H](Cc1ccc(Cl)cc1)C(=O)N[C@@H](Cc1cccc(OC)c1)C(N)=O. The minimum Gasteiger partial charge on any atom is -0.497 e. The van der Waals surface area contributed by atoms with Crippen LogP contribution in [0.4, 0.5) is 4.79 Å². The Morgan fingerprint density at radius 1 is 0.919 bits per heavy atom. The van der Waals surface area contributed by atoms with Crippen molar-refractivity contribution >= 4 is 35.4 Å². The minimum atomic E-state index is -1.12. The van der Waals surface area contributed by atoms with Crippen molar-refractivity contribution in [3.63, 3.8) is 0 Å². The molecule has 0 aromatic heterocycles. The number of carbonyl (C=O) groups excluding carboxylic acids is 4. The van der Waals surface area contributed by atoms with E-state index in [4.69, 9.17) is 27.8 Å². The lowest BCUT2D eigenvalue weighted by molar-refractivity contribution is -0.128. The molecule has 0 radical (unpaired) electrons. The molecule has 12 heteroatoms. The summed E-state index contributed by atoms with van der Waals surface area (Å²) < 4.78 is 5.20. The molecule has 0 aliphatic heterocycles. The predicted octanol–water partition coefficient (Wildman–Crippen LogP) is 0.930. The fourth-order valence-electron chi connectivity index (χ4n) is 3.44. The standard InChI is InChI=1S/C25H33ClN6O5/c1-3-5-19(27)23(34)31-32-25(36)30-21(13-15-8-10-17(26)11-9-15)24(35)29-20(22(28)33)14-16-6-4-7-18(12-16)37-2/h4,6-12,19-21H,3,5,13-14,27H2,1-2H3,(H2,28,33)(H,29,35)(H,31,34)(H2,30,32,36)/t19-,20+,21+/m1/s1. The van der Waals surface area contributed by atoms with Crippen LogP contribution in [0.5, 0.6) is 5.75 Å². The van der Waals surface area contributed by atoms with Gasteiger partial charge in [0, 0.05) is 17.9 Å². The summed E-state index contributed by atoms with van der Waals surface area (Å²) in [4.78, 5) is 49.8. The Labute approximate surface area is 220 Å². The summed E-state index contributed by atoms with van der Waals surface area (Å²) in [6.07, 6.45) is 1.33. The average Bonchev–Trinajstić information content (AvgIpc) is 2.87. The summed E-state index contributed by atoms with van der Waals surface area (Å²) in [7, 11) is 1.52.